The summed E-state index contributed by atoms with van der Waals surface area (Å²) in [5.74, 6) is 0.956. The average molecular weight is 320 g/mol. The Morgan fingerprint density at radius 3 is 2.47 bits per heavy atom. The molecule has 0 amide bonds. The van der Waals surface area contributed by atoms with Crippen molar-refractivity contribution in [3.05, 3.63) is 40.6 Å². The van der Waals surface area contributed by atoms with E-state index in [1.54, 1.807) is 6.33 Å². The summed E-state index contributed by atoms with van der Waals surface area (Å²) >= 11 is 3.46. The highest BCUT2D eigenvalue weighted by Crippen LogP contribution is 2.27. The van der Waals surface area contributed by atoms with Crippen LogP contribution in [-0.4, -0.2) is 16.5 Å². The summed E-state index contributed by atoms with van der Waals surface area (Å²) in [4.78, 5) is 8.83. The largest absolute Gasteiger partial charge is 0.370 e. The fraction of sp³-hybridized carbons (Fsp3) is 0.333. The summed E-state index contributed by atoms with van der Waals surface area (Å²) in [7, 11) is 0. The van der Waals surface area contributed by atoms with Crippen LogP contribution < -0.4 is 5.32 Å². The van der Waals surface area contributed by atoms with Gasteiger partial charge in [0.15, 0.2) is 0 Å². The molecule has 0 bridgehead atoms. The van der Waals surface area contributed by atoms with E-state index in [0.717, 1.165) is 40.9 Å². The molecule has 1 aromatic heterocycles. The fourth-order valence-electron chi connectivity index (χ4n) is 2.08. The lowest BCUT2D eigenvalue weighted by Gasteiger charge is -2.13. The molecule has 19 heavy (non-hydrogen) atoms. The summed E-state index contributed by atoms with van der Waals surface area (Å²) in [6, 6.07) is 8.25. The van der Waals surface area contributed by atoms with Crippen LogP contribution in [0.1, 0.15) is 25.8 Å². The van der Waals surface area contributed by atoms with E-state index < -0.39 is 0 Å². The van der Waals surface area contributed by atoms with Crippen LogP contribution >= 0.6 is 15.9 Å². The number of hydrogen-bond acceptors (Lipinski definition) is 3. The maximum atomic E-state index is 4.47. The predicted molar refractivity (Wildman–Crippen MR) is 83.3 cm³/mol. The zero-order chi connectivity index (χ0) is 13.7. The standard InChI is InChI=1S/C15H18BrN3/c1-3-5-13-14(11-6-8-12(16)9-7-11)18-10-19-15(13)17-4-2/h6-10H,3-5H2,1-2H3,(H,17,18,19). The van der Waals surface area contributed by atoms with Crippen LogP contribution in [-0.2, 0) is 6.42 Å². The number of hydrogen-bond donors (Lipinski definition) is 1. The smallest absolute Gasteiger partial charge is 0.133 e. The van der Waals surface area contributed by atoms with Crippen molar-refractivity contribution in [2.45, 2.75) is 26.7 Å². The van der Waals surface area contributed by atoms with Gasteiger partial charge in [-0.2, -0.15) is 0 Å². The topological polar surface area (TPSA) is 37.8 Å². The van der Waals surface area contributed by atoms with Crippen LogP contribution in [0.2, 0.25) is 0 Å². The monoisotopic (exact) mass is 319 g/mol. The lowest BCUT2D eigenvalue weighted by molar-refractivity contribution is 0.902. The first-order valence-electron chi connectivity index (χ1n) is 6.60. The van der Waals surface area contributed by atoms with Gasteiger partial charge in [0.25, 0.3) is 0 Å². The molecule has 0 atom stereocenters. The van der Waals surface area contributed by atoms with Crippen molar-refractivity contribution in [1.29, 1.82) is 0 Å². The highest BCUT2D eigenvalue weighted by atomic mass is 79.9. The number of benzene rings is 1. The third-order valence-corrected chi connectivity index (χ3v) is 3.44. The number of nitrogens with one attached hydrogen (secondary N) is 1. The van der Waals surface area contributed by atoms with Crippen LogP contribution in [0.4, 0.5) is 5.82 Å². The summed E-state index contributed by atoms with van der Waals surface area (Å²) in [6.07, 6.45) is 3.69. The molecule has 3 nitrogen and oxygen atoms in total. The van der Waals surface area contributed by atoms with E-state index >= 15 is 0 Å². The van der Waals surface area contributed by atoms with E-state index in [1.807, 2.05) is 12.1 Å². The molecule has 0 saturated carbocycles. The van der Waals surface area contributed by atoms with E-state index in [0.29, 0.717) is 0 Å². The fourth-order valence-corrected chi connectivity index (χ4v) is 2.34. The normalized spacial score (nSPS) is 10.5. The van der Waals surface area contributed by atoms with Gasteiger partial charge in [0.1, 0.15) is 12.1 Å². The van der Waals surface area contributed by atoms with Crippen LogP contribution in [0.5, 0.6) is 0 Å². The molecule has 1 aromatic carbocycles. The Balaban J connectivity index is 2.48. The number of halogens is 1. The van der Waals surface area contributed by atoms with Crippen molar-refractivity contribution in [1.82, 2.24) is 9.97 Å². The van der Waals surface area contributed by atoms with Crippen molar-refractivity contribution < 1.29 is 0 Å². The number of rotatable bonds is 5. The van der Waals surface area contributed by atoms with Gasteiger partial charge in [-0.15, -0.1) is 0 Å². The number of nitrogens with zero attached hydrogens (tertiary/aromatic N) is 2. The lowest BCUT2D eigenvalue weighted by Crippen LogP contribution is -2.06. The van der Waals surface area contributed by atoms with Gasteiger partial charge in [0.05, 0.1) is 5.69 Å². The van der Waals surface area contributed by atoms with Crippen molar-refractivity contribution in [2.24, 2.45) is 0 Å². The van der Waals surface area contributed by atoms with E-state index in [9.17, 15) is 0 Å². The molecule has 0 aliphatic carbocycles. The van der Waals surface area contributed by atoms with E-state index in [4.69, 9.17) is 0 Å². The molecule has 2 rings (SSSR count). The third-order valence-electron chi connectivity index (χ3n) is 2.91. The molecule has 0 saturated heterocycles. The summed E-state index contributed by atoms with van der Waals surface area (Å²) in [6.45, 7) is 5.12. The summed E-state index contributed by atoms with van der Waals surface area (Å²) in [5, 5.41) is 3.32. The van der Waals surface area contributed by atoms with Gasteiger partial charge in [-0.1, -0.05) is 41.4 Å². The Hall–Kier alpha value is -1.42. The Morgan fingerprint density at radius 2 is 1.84 bits per heavy atom. The van der Waals surface area contributed by atoms with Gasteiger partial charge in [-0.25, -0.2) is 9.97 Å². The molecule has 0 fully saturated rings. The minimum Gasteiger partial charge on any atom is -0.370 e. The first-order valence-corrected chi connectivity index (χ1v) is 7.39. The molecular weight excluding hydrogens is 302 g/mol. The Morgan fingerprint density at radius 1 is 1.11 bits per heavy atom. The zero-order valence-electron chi connectivity index (χ0n) is 11.3. The quantitative estimate of drug-likeness (QED) is 0.893. The Bertz CT molecular complexity index is 538. The highest BCUT2D eigenvalue weighted by Gasteiger charge is 2.11. The Labute approximate surface area is 122 Å². The van der Waals surface area contributed by atoms with Crippen LogP contribution in [0.3, 0.4) is 0 Å². The van der Waals surface area contributed by atoms with Gasteiger partial charge in [0.2, 0.25) is 0 Å². The first kappa shape index (κ1) is 14.0. The van der Waals surface area contributed by atoms with Crippen molar-refractivity contribution >= 4 is 21.7 Å². The van der Waals surface area contributed by atoms with Crippen LogP contribution in [0.15, 0.2) is 35.1 Å². The predicted octanol–water partition coefficient (Wildman–Crippen LogP) is 4.29. The maximum absolute atomic E-state index is 4.47. The molecule has 4 heteroatoms. The molecule has 0 aliphatic rings. The Kier molecular flexibility index (Phi) is 4.91. The van der Waals surface area contributed by atoms with Gasteiger partial charge in [-0.3, -0.25) is 0 Å². The zero-order valence-corrected chi connectivity index (χ0v) is 12.9. The van der Waals surface area contributed by atoms with Gasteiger partial charge < -0.3 is 5.32 Å². The van der Waals surface area contributed by atoms with Crippen LogP contribution in [0.25, 0.3) is 11.3 Å². The molecule has 1 N–H and O–H groups in total. The second kappa shape index (κ2) is 6.66. The third kappa shape index (κ3) is 3.32. The van der Waals surface area contributed by atoms with Crippen molar-refractivity contribution in [3.63, 3.8) is 0 Å². The molecule has 0 aliphatic heterocycles. The van der Waals surface area contributed by atoms with Gasteiger partial charge >= 0.3 is 0 Å². The minimum atomic E-state index is 0.869. The molecule has 1 heterocycles. The molecule has 0 spiro atoms. The SMILES string of the molecule is CCCc1c(NCC)ncnc1-c1ccc(Br)cc1. The lowest BCUT2D eigenvalue weighted by atomic mass is 10.0. The number of aromatic nitrogens is 2. The van der Waals surface area contributed by atoms with Crippen LogP contribution in [0, 0.1) is 0 Å². The minimum absolute atomic E-state index is 0.869. The van der Waals surface area contributed by atoms with Gasteiger partial charge in [-0.05, 0) is 25.5 Å². The van der Waals surface area contributed by atoms with Crippen molar-refractivity contribution in [3.8, 4) is 11.3 Å². The van der Waals surface area contributed by atoms with E-state index in [1.165, 1.54) is 5.56 Å². The highest BCUT2D eigenvalue weighted by molar-refractivity contribution is 9.10. The van der Waals surface area contributed by atoms with Gasteiger partial charge in [0, 0.05) is 22.1 Å². The maximum Gasteiger partial charge on any atom is 0.133 e. The molecule has 2 aromatic rings. The first-order chi connectivity index (χ1) is 9.26. The number of anilines is 1. The molecular formula is C15H18BrN3. The van der Waals surface area contributed by atoms with E-state index in [2.05, 4.69) is 57.2 Å². The second-order valence-electron chi connectivity index (χ2n) is 4.34. The average Bonchev–Trinajstić information content (AvgIpc) is 2.42. The molecule has 0 radical (unpaired) electrons. The second-order valence-corrected chi connectivity index (χ2v) is 5.25. The molecule has 0 unspecified atom stereocenters. The molecule has 100 valence electrons. The van der Waals surface area contributed by atoms with E-state index in [-0.39, 0.29) is 0 Å². The summed E-state index contributed by atoms with van der Waals surface area (Å²) in [5.41, 5.74) is 3.36. The summed E-state index contributed by atoms with van der Waals surface area (Å²) < 4.78 is 1.08. The van der Waals surface area contributed by atoms with Crippen molar-refractivity contribution in [2.75, 3.05) is 11.9 Å².